The van der Waals surface area contributed by atoms with Gasteiger partial charge in [-0.3, -0.25) is 14.9 Å². The van der Waals surface area contributed by atoms with E-state index in [2.05, 4.69) is 22.4 Å². The van der Waals surface area contributed by atoms with Crippen molar-refractivity contribution in [3.8, 4) is 11.1 Å². The molecule has 0 unspecified atom stereocenters. The maximum absolute atomic E-state index is 12.4. The van der Waals surface area contributed by atoms with Crippen LogP contribution in [-0.4, -0.2) is 52.7 Å². The van der Waals surface area contributed by atoms with Gasteiger partial charge in [-0.15, -0.1) is 11.3 Å². The van der Waals surface area contributed by atoms with Gasteiger partial charge in [0.2, 0.25) is 0 Å². The van der Waals surface area contributed by atoms with Crippen LogP contribution in [0.5, 0.6) is 0 Å². The van der Waals surface area contributed by atoms with Gasteiger partial charge < -0.3 is 14.7 Å². The van der Waals surface area contributed by atoms with Crippen LogP contribution in [0.15, 0.2) is 53.9 Å². The lowest BCUT2D eigenvalue weighted by atomic mass is 9.98. The van der Waals surface area contributed by atoms with Gasteiger partial charge >= 0.3 is 12.1 Å². The molecule has 2 amide bonds. The fourth-order valence-electron chi connectivity index (χ4n) is 3.80. The first-order valence-electron chi connectivity index (χ1n) is 10.1. The average Bonchev–Trinajstić information content (AvgIpc) is 3.38. The van der Waals surface area contributed by atoms with Gasteiger partial charge in [0.05, 0.1) is 0 Å². The van der Waals surface area contributed by atoms with Crippen LogP contribution < -0.4 is 5.32 Å². The molecule has 2 aromatic carbocycles. The molecule has 1 aromatic heterocycles. The fourth-order valence-corrected chi connectivity index (χ4v) is 4.47. The molecule has 1 aliphatic carbocycles. The largest absolute Gasteiger partial charge is 0.480 e. The number of fused-ring (bicyclic) bond motifs is 3. The monoisotopic (exact) mass is 451 g/mol. The van der Waals surface area contributed by atoms with Crippen LogP contribution in [0, 0.1) is 0 Å². The number of aromatic nitrogens is 1. The van der Waals surface area contributed by atoms with Crippen LogP contribution in [0.3, 0.4) is 0 Å². The Balaban J connectivity index is 1.39. The minimum absolute atomic E-state index is 0.0595. The van der Waals surface area contributed by atoms with Gasteiger partial charge in [0, 0.05) is 17.8 Å². The second-order valence-corrected chi connectivity index (χ2v) is 8.06. The lowest BCUT2D eigenvalue weighted by molar-refractivity contribution is -0.137. The van der Waals surface area contributed by atoms with E-state index in [1.165, 1.54) is 5.38 Å². The lowest BCUT2D eigenvalue weighted by Crippen LogP contribution is -2.35. The van der Waals surface area contributed by atoms with Gasteiger partial charge in [-0.25, -0.2) is 9.78 Å². The summed E-state index contributed by atoms with van der Waals surface area (Å²) >= 11 is 1.07. The lowest BCUT2D eigenvalue weighted by Gasteiger charge is -2.16. The number of nitrogens with zero attached hydrogens (tertiary/aromatic N) is 2. The molecule has 1 aliphatic rings. The Morgan fingerprint density at radius 1 is 1.09 bits per heavy atom. The fraction of sp³-hybridized carbons (Fsp3) is 0.217. The maximum Gasteiger partial charge on any atom is 0.413 e. The second kappa shape index (κ2) is 9.19. The first-order valence-corrected chi connectivity index (χ1v) is 10.9. The molecule has 4 rings (SSSR count). The number of carboxylic acids is 1. The number of nitrogens with one attached hydrogen (secondary N) is 1. The van der Waals surface area contributed by atoms with Crippen molar-refractivity contribution >= 4 is 34.4 Å². The number of aliphatic carboxylic acids is 1. The van der Waals surface area contributed by atoms with Crippen LogP contribution >= 0.6 is 11.3 Å². The first kappa shape index (κ1) is 21.5. The number of anilines is 1. The predicted octanol–water partition coefficient (Wildman–Crippen LogP) is 4.05. The molecule has 0 spiro atoms. The van der Waals surface area contributed by atoms with Crippen molar-refractivity contribution in [1.82, 2.24) is 9.88 Å². The van der Waals surface area contributed by atoms with E-state index >= 15 is 0 Å². The summed E-state index contributed by atoms with van der Waals surface area (Å²) in [6.07, 6.45) is -0.668. The standard InChI is InChI=1S/C23H21N3O5S/c1-2-26(11-20(27)28)21(29)19-13-32-22(24-19)25-23(30)31-12-18-16-9-5-3-7-14(16)15-8-4-6-10-17(15)18/h3-10,13,18H,2,11-12H2,1H3,(H,27,28)(H,24,25,30). The summed E-state index contributed by atoms with van der Waals surface area (Å²) in [6, 6.07) is 16.1. The van der Waals surface area contributed by atoms with Gasteiger partial charge in [0.1, 0.15) is 18.8 Å². The highest BCUT2D eigenvalue weighted by Gasteiger charge is 2.29. The Morgan fingerprint density at radius 3 is 2.31 bits per heavy atom. The van der Waals surface area contributed by atoms with E-state index in [-0.39, 0.29) is 29.9 Å². The molecule has 8 nitrogen and oxygen atoms in total. The predicted molar refractivity (Wildman–Crippen MR) is 120 cm³/mol. The molecule has 3 aromatic rings. The van der Waals surface area contributed by atoms with Gasteiger partial charge in [0.25, 0.3) is 5.91 Å². The summed E-state index contributed by atoms with van der Waals surface area (Å²) in [5.74, 6) is -1.67. The van der Waals surface area contributed by atoms with Gasteiger partial charge in [-0.05, 0) is 29.2 Å². The van der Waals surface area contributed by atoms with E-state index < -0.39 is 24.5 Å². The highest BCUT2D eigenvalue weighted by atomic mass is 32.1. The highest BCUT2D eigenvalue weighted by Crippen LogP contribution is 2.44. The average molecular weight is 452 g/mol. The molecule has 0 saturated carbocycles. The number of benzene rings is 2. The Hall–Kier alpha value is -3.72. The van der Waals surface area contributed by atoms with Crippen LogP contribution in [0.25, 0.3) is 11.1 Å². The van der Waals surface area contributed by atoms with E-state index in [0.29, 0.717) is 0 Å². The van der Waals surface area contributed by atoms with E-state index in [1.807, 2.05) is 36.4 Å². The minimum atomic E-state index is -1.10. The smallest absolute Gasteiger partial charge is 0.413 e. The van der Waals surface area contributed by atoms with Crippen molar-refractivity contribution in [2.24, 2.45) is 0 Å². The molecule has 0 fully saturated rings. The van der Waals surface area contributed by atoms with Crippen LogP contribution in [0.2, 0.25) is 0 Å². The first-order chi connectivity index (χ1) is 15.5. The summed E-state index contributed by atoms with van der Waals surface area (Å²) in [7, 11) is 0. The molecule has 32 heavy (non-hydrogen) atoms. The van der Waals surface area contributed by atoms with Gasteiger partial charge in [0.15, 0.2) is 5.13 Å². The van der Waals surface area contributed by atoms with Crippen molar-refractivity contribution < 1.29 is 24.2 Å². The summed E-state index contributed by atoms with van der Waals surface area (Å²) in [5, 5.41) is 13.2. The number of hydrogen-bond acceptors (Lipinski definition) is 6. The Labute approximate surface area is 188 Å². The normalized spacial score (nSPS) is 12.0. The maximum atomic E-state index is 12.4. The topological polar surface area (TPSA) is 109 Å². The summed E-state index contributed by atoms with van der Waals surface area (Å²) < 4.78 is 5.48. The number of amides is 2. The zero-order valence-corrected chi connectivity index (χ0v) is 18.1. The quantitative estimate of drug-likeness (QED) is 0.561. The molecule has 2 N–H and O–H groups in total. The van der Waals surface area contributed by atoms with E-state index in [1.54, 1.807) is 6.92 Å². The number of carboxylic acid groups (broad SMARTS) is 1. The molecule has 0 saturated heterocycles. The van der Waals surface area contributed by atoms with Gasteiger partial charge in [-0.1, -0.05) is 48.5 Å². The van der Waals surface area contributed by atoms with Crippen LogP contribution in [-0.2, 0) is 9.53 Å². The van der Waals surface area contributed by atoms with Crippen molar-refractivity contribution in [2.75, 3.05) is 25.0 Å². The molecule has 9 heteroatoms. The molecule has 0 bridgehead atoms. The SMILES string of the molecule is CCN(CC(=O)O)C(=O)c1csc(NC(=O)OCC2c3ccccc3-c3ccccc32)n1. The summed E-state index contributed by atoms with van der Waals surface area (Å²) in [5.41, 5.74) is 4.58. The molecule has 0 aliphatic heterocycles. The third-order valence-electron chi connectivity index (χ3n) is 5.27. The van der Waals surface area contributed by atoms with Crippen molar-refractivity contribution in [2.45, 2.75) is 12.8 Å². The number of likely N-dealkylation sites (N-methyl/N-ethyl adjacent to an activating group) is 1. The van der Waals surface area contributed by atoms with Crippen molar-refractivity contribution in [1.29, 1.82) is 0 Å². The number of carbonyl (C=O) groups excluding carboxylic acids is 2. The zero-order valence-electron chi connectivity index (χ0n) is 17.3. The number of hydrogen-bond donors (Lipinski definition) is 2. The second-order valence-electron chi connectivity index (χ2n) is 7.20. The van der Waals surface area contributed by atoms with E-state index in [9.17, 15) is 14.4 Å². The summed E-state index contributed by atoms with van der Waals surface area (Å²) in [4.78, 5) is 40.9. The summed E-state index contributed by atoms with van der Waals surface area (Å²) in [6.45, 7) is 1.67. The molecule has 0 atom stereocenters. The van der Waals surface area contributed by atoms with Crippen LogP contribution in [0.4, 0.5) is 9.93 Å². The minimum Gasteiger partial charge on any atom is -0.480 e. The molecular formula is C23H21N3O5S. The number of ether oxygens (including phenoxy) is 1. The van der Waals surface area contributed by atoms with E-state index in [4.69, 9.17) is 9.84 Å². The van der Waals surface area contributed by atoms with Crippen molar-refractivity contribution in [3.63, 3.8) is 0 Å². The number of rotatable bonds is 7. The number of carbonyl (C=O) groups is 3. The molecular weight excluding hydrogens is 430 g/mol. The molecule has 1 heterocycles. The van der Waals surface area contributed by atoms with Crippen LogP contribution in [0.1, 0.15) is 34.5 Å². The Kier molecular flexibility index (Phi) is 6.18. The van der Waals surface area contributed by atoms with Crippen molar-refractivity contribution in [3.05, 3.63) is 70.7 Å². The Bertz CT molecular complexity index is 1130. The van der Waals surface area contributed by atoms with E-state index in [0.717, 1.165) is 38.5 Å². The highest BCUT2D eigenvalue weighted by molar-refractivity contribution is 7.14. The third-order valence-corrected chi connectivity index (χ3v) is 6.03. The zero-order chi connectivity index (χ0) is 22.7. The van der Waals surface area contributed by atoms with Gasteiger partial charge in [-0.2, -0.15) is 0 Å². The number of thiazole rings is 1. The molecule has 0 radical (unpaired) electrons. The third kappa shape index (κ3) is 4.33. The Morgan fingerprint density at radius 2 is 1.72 bits per heavy atom. The molecule has 164 valence electrons.